The molecule has 3 atom stereocenters. The molecule has 0 saturated carbocycles. The first-order chi connectivity index (χ1) is 13.6. The van der Waals surface area contributed by atoms with E-state index in [2.05, 4.69) is 39.6 Å². The summed E-state index contributed by atoms with van der Waals surface area (Å²) >= 11 is 3.51. The fraction of sp³-hybridized carbons (Fsp3) is 0.478. The van der Waals surface area contributed by atoms with Crippen LogP contribution in [0.3, 0.4) is 0 Å². The molecule has 2 heterocycles. The Labute approximate surface area is 175 Å². The summed E-state index contributed by atoms with van der Waals surface area (Å²) in [7, 11) is 0. The van der Waals surface area contributed by atoms with E-state index in [0.29, 0.717) is 13.2 Å². The van der Waals surface area contributed by atoms with Crippen molar-refractivity contribution in [2.45, 2.75) is 57.2 Å². The first kappa shape index (κ1) is 21.0. The van der Waals surface area contributed by atoms with Crippen LogP contribution in [0.4, 0.5) is 0 Å². The number of hydrogen-bond donors (Lipinski definition) is 0. The fourth-order valence-corrected chi connectivity index (χ4v) is 3.46. The number of halogens is 1. The van der Waals surface area contributed by atoms with Crippen LogP contribution in [-0.2, 0) is 18.9 Å². The van der Waals surface area contributed by atoms with Crippen LogP contribution >= 0.6 is 15.9 Å². The smallest absolute Gasteiger partial charge is 0.163 e. The monoisotopic (exact) mass is 444 g/mol. The first-order valence-electron chi connectivity index (χ1n) is 9.49. The lowest BCUT2D eigenvalue weighted by molar-refractivity contribution is -0.321. The van der Waals surface area contributed by atoms with Crippen molar-refractivity contribution in [3.05, 3.63) is 46.6 Å². The summed E-state index contributed by atoms with van der Waals surface area (Å²) in [6.45, 7) is 4.61. The number of unbranched alkanes of at least 4 members (excludes halogenated alkanes) is 2. The Morgan fingerprint density at radius 2 is 1.93 bits per heavy atom. The minimum atomic E-state index is -0.650. The molecule has 148 valence electrons. The van der Waals surface area contributed by atoms with Crippen LogP contribution in [0.15, 0.2) is 41.1 Å². The third-order valence-electron chi connectivity index (χ3n) is 4.38. The molecule has 1 aromatic rings. The summed E-state index contributed by atoms with van der Waals surface area (Å²) in [5, 5.41) is 0. The summed E-state index contributed by atoms with van der Waals surface area (Å²) in [6.07, 6.45) is 3.62. The van der Waals surface area contributed by atoms with Gasteiger partial charge in [-0.05, 0) is 48.3 Å². The van der Waals surface area contributed by atoms with E-state index in [0.717, 1.165) is 29.3 Å². The van der Waals surface area contributed by atoms with Gasteiger partial charge >= 0.3 is 0 Å². The molecule has 5 heteroatoms. The standard InChI is InChI=1S/C23H25BrO4/c1-23(2)27-17-20-22(28-23)21(19(24)16-26-20)25-15-11-6-4-3-5-8-12-18-13-9-7-10-14-18/h7,9-10,13-14,16,20-22H,3-5,15,17H2,1-2H3/t20-,21-,22-/m1/s1. The third-order valence-corrected chi connectivity index (χ3v) is 5.02. The molecule has 0 spiro atoms. The predicted octanol–water partition coefficient (Wildman–Crippen LogP) is 4.38. The number of rotatable bonds is 4. The van der Waals surface area contributed by atoms with Crippen LogP contribution in [0.2, 0.25) is 0 Å². The molecule has 0 aromatic heterocycles. The van der Waals surface area contributed by atoms with Crippen molar-refractivity contribution < 1.29 is 18.9 Å². The van der Waals surface area contributed by atoms with Gasteiger partial charge in [-0.1, -0.05) is 36.0 Å². The van der Waals surface area contributed by atoms with Gasteiger partial charge in [-0.3, -0.25) is 0 Å². The largest absolute Gasteiger partial charge is 0.492 e. The predicted molar refractivity (Wildman–Crippen MR) is 111 cm³/mol. The molecule has 0 N–H and O–H groups in total. The van der Waals surface area contributed by atoms with Crippen molar-refractivity contribution in [1.29, 1.82) is 0 Å². The molecular formula is C23H25BrO4. The number of benzene rings is 1. The van der Waals surface area contributed by atoms with Gasteiger partial charge in [-0.15, -0.1) is 5.92 Å². The number of ether oxygens (including phenoxy) is 4. The van der Waals surface area contributed by atoms with E-state index >= 15 is 0 Å². The fourth-order valence-electron chi connectivity index (χ4n) is 2.96. The Morgan fingerprint density at radius 3 is 2.75 bits per heavy atom. The van der Waals surface area contributed by atoms with Crippen LogP contribution in [0.25, 0.3) is 0 Å². The van der Waals surface area contributed by atoms with Gasteiger partial charge in [-0.25, -0.2) is 0 Å². The second-order valence-corrected chi connectivity index (χ2v) is 7.99. The summed E-state index contributed by atoms with van der Waals surface area (Å²) in [5.74, 6) is 11.9. The number of fused-ring (bicyclic) bond motifs is 1. The van der Waals surface area contributed by atoms with E-state index in [1.54, 1.807) is 6.26 Å². The van der Waals surface area contributed by atoms with Gasteiger partial charge in [-0.2, -0.15) is 0 Å². The zero-order chi connectivity index (χ0) is 19.8. The molecule has 1 aromatic carbocycles. The molecule has 1 saturated heterocycles. The van der Waals surface area contributed by atoms with Gasteiger partial charge in [0.1, 0.15) is 18.8 Å². The Bertz CT molecular complexity index is 795. The maximum Gasteiger partial charge on any atom is 0.163 e. The van der Waals surface area contributed by atoms with Crippen molar-refractivity contribution in [3.8, 4) is 23.7 Å². The van der Waals surface area contributed by atoms with Crippen LogP contribution in [0.1, 0.15) is 38.7 Å². The van der Waals surface area contributed by atoms with E-state index in [9.17, 15) is 0 Å². The molecule has 0 unspecified atom stereocenters. The topological polar surface area (TPSA) is 36.9 Å². The van der Waals surface area contributed by atoms with Gasteiger partial charge in [0.15, 0.2) is 11.9 Å². The molecule has 0 amide bonds. The molecule has 2 aliphatic rings. The second-order valence-electron chi connectivity index (χ2n) is 7.08. The second kappa shape index (κ2) is 10.1. The lowest BCUT2D eigenvalue weighted by Gasteiger charge is -2.45. The zero-order valence-electron chi connectivity index (χ0n) is 16.2. The molecule has 2 aliphatic heterocycles. The molecule has 0 bridgehead atoms. The van der Waals surface area contributed by atoms with Crippen LogP contribution in [0.5, 0.6) is 0 Å². The Hall–Kier alpha value is -1.76. The van der Waals surface area contributed by atoms with Crippen molar-refractivity contribution >= 4 is 15.9 Å². The zero-order valence-corrected chi connectivity index (χ0v) is 17.8. The van der Waals surface area contributed by atoms with Crippen molar-refractivity contribution in [2.24, 2.45) is 0 Å². The molecule has 3 rings (SSSR count). The van der Waals surface area contributed by atoms with Gasteiger partial charge in [0.2, 0.25) is 0 Å². The van der Waals surface area contributed by atoms with Gasteiger partial charge in [0.25, 0.3) is 0 Å². The number of hydrogen-bond acceptors (Lipinski definition) is 4. The average Bonchev–Trinajstić information content (AvgIpc) is 2.68. The summed E-state index contributed by atoms with van der Waals surface area (Å²) < 4.78 is 24.1. The van der Waals surface area contributed by atoms with Crippen LogP contribution in [-0.4, -0.2) is 37.3 Å². The minimum absolute atomic E-state index is 0.171. The lowest BCUT2D eigenvalue weighted by atomic mass is 10.0. The summed E-state index contributed by atoms with van der Waals surface area (Å²) in [4.78, 5) is 0. The maximum atomic E-state index is 6.01. The van der Waals surface area contributed by atoms with E-state index < -0.39 is 5.79 Å². The minimum Gasteiger partial charge on any atom is -0.492 e. The van der Waals surface area contributed by atoms with Gasteiger partial charge in [0, 0.05) is 18.4 Å². The molecule has 1 fully saturated rings. The molecule has 0 radical (unpaired) electrons. The quantitative estimate of drug-likeness (QED) is 0.509. The van der Waals surface area contributed by atoms with E-state index in [-0.39, 0.29) is 18.3 Å². The highest BCUT2D eigenvalue weighted by Gasteiger charge is 2.45. The first-order valence-corrected chi connectivity index (χ1v) is 10.3. The van der Waals surface area contributed by atoms with Gasteiger partial charge < -0.3 is 18.9 Å². The normalized spacial score (nSPS) is 25.1. The summed E-state index contributed by atoms with van der Waals surface area (Å²) in [6, 6.07) is 10.0. The van der Waals surface area contributed by atoms with Crippen molar-refractivity contribution in [2.75, 3.05) is 13.2 Å². The molecule has 4 nitrogen and oxygen atoms in total. The molecule has 28 heavy (non-hydrogen) atoms. The molecule has 0 aliphatic carbocycles. The van der Waals surface area contributed by atoms with E-state index in [1.807, 2.05) is 44.2 Å². The van der Waals surface area contributed by atoms with Crippen molar-refractivity contribution in [3.63, 3.8) is 0 Å². The Morgan fingerprint density at radius 1 is 1.14 bits per heavy atom. The SMILES string of the molecule is CC1(C)OC[C@H]2OC=C(Br)[C@@H](OCC#CCCCC#Cc3ccccc3)[C@@H]2O1. The van der Waals surface area contributed by atoms with Crippen LogP contribution < -0.4 is 0 Å². The highest BCUT2D eigenvalue weighted by atomic mass is 79.9. The maximum absolute atomic E-state index is 6.01. The van der Waals surface area contributed by atoms with E-state index in [4.69, 9.17) is 18.9 Å². The highest BCUT2D eigenvalue weighted by Crippen LogP contribution is 2.34. The Balaban J connectivity index is 1.40. The third kappa shape index (κ3) is 6.12. The van der Waals surface area contributed by atoms with Gasteiger partial charge in [0.05, 0.1) is 17.4 Å². The highest BCUT2D eigenvalue weighted by molar-refractivity contribution is 9.11. The average molecular weight is 445 g/mol. The summed E-state index contributed by atoms with van der Waals surface area (Å²) in [5.41, 5.74) is 1.05. The lowest BCUT2D eigenvalue weighted by Crippen LogP contribution is -2.56. The molecular weight excluding hydrogens is 420 g/mol. The van der Waals surface area contributed by atoms with Crippen molar-refractivity contribution in [1.82, 2.24) is 0 Å². The van der Waals surface area contributed by atoms with Crippen LogP contribution in [0, 0.1) is 23.7 Å². The Kier molecular flexibility index (Phi) is 7.59. The van der Waals surface area contributed by atoms with E-state index in [1.165, 1.54) is 0 Å².